The minimum Gasteiger partial charge on any atom is -0.495 e. The average Bonchev–Trinajstić information content (AvgIpc) is 2.37. The number of nitrogens with one attached hydrogen (secondary N) is 1. The topological polar surface area (TPSA) is 47.6 Å². The number of carbonyl (C=O) groups excluding carboxylic acids is 1. The van der Waals surface area contributed by atoms with Gasteiger partial charge in [0.15, 0.2) is 0 Å². The molecule has 0 aromatic heterocycles. The van der Waals surface area contributed by atoms with Crippen LogP contribution in [0.5, 0.6) is 5.75 Å². The summed E-state index contributed by atoms with van der Waals surface area (Å²) in [6, 6.07) is 3.77. The van der Waals surface area contributed by atoms with Crippen molar-refractivity contribution in [1.29, 1.82) is 0 Å². The van der Waals surface area contributed by atoms with Crippen molar-refractivity contribution in [3.05, 3.63) is 33.2 Å². The van der Waals surface area contributed by atoms with Crippen LogP contribution in [0, 0.1) is 0 Å². The Morgan fingerprint density at radius 3 is 2.74 bits per heavy atom. The Hall–Kier alpha value is -1.01. The summed E-state index contributed by atoms with van der Waals surface area (Å²) in [5.74, 6) is 0.400. The highest BCUT2D eigenvalue weighted by Crippen LogP contribution is 2.34. The van der Waals surface area contributed by atoms with Crippen LogP contribution in [0.1, 0.15) is 6.92 Å². The van der Waals surface area contributed by atoms with Crippen LogP contribution in [0.3, 0.4) is 0 Å². The Labute approximate surface area is 129 Å². The van der Waals surface area contributed by atoms with Gasteiger partial charge in [-0.25, -0.2) is 4.79 Å². The van der Waals surface area contributed by atoms with Crippen molar-refractivity contribution in [2.75, 3.05) is 25.6 Å². The molecule has 0 radical (unpaired) electrons. The molecule has 1 aromatic carbocycles. The summed E-state index contributed by atoms with van der Waals surface area (Å²) in [5, 5.41) is 3.17. The number of benzene rings is 1. The Morgan fingerprint density at radius 2 is 2.11 bits per heavy atom. The minimum atomic E-state index is -0.336. The first kappa shape index (κ1) is 16.0. The standard InChI is InChI=1S/C13H15Br2NO3/c1-3-19-13(17)5-4-6-16-11-8-12(18-2)10(15)7-9(11)14/h4-5,7-8,16H,3,6H2,1-2H3/b5-4+. The number of rotatable bonds is 6. The third-order valence-corrected chi connectivity index (χ3v) is 3.47. The number of esters is 1. The summed E-state index contributed by atoms with van der Waals surface area (Å²) >= 11 is 6.85. The molecule has 0 saturated carbocycles. The van der Waals surface area contributed by atoms with Crippen LogP contribution >= 0.6 is 31.9 Å². The Morgan fingerprint density at radius 1 is 1.37 bits per heavy atom. The monoisotopic (exact) mass is 391 g/mol. The van der Waals surface area contributed by atoms with Crippen molar-refractivity contribution in [3.8, 4) is 5.75 Å². The number of anilines is 1. The zero-order chi connectivity index (χ0) is 14.3. The van der Waals surface area contributed by atoms with E-state index in [0.29, 0.717) is 13.2 Å². The van der Waals surface area contributed by atoms with Gasteiger partial charge in [-0.3, -0.25) is 0 Å². The quantitative estimate of drug-likeness (QED) is 0.591. The molecule has 0 aliphatic rings. The lowest BCUT2D eigenvalue weighted by Gasteiger charge is -2.10. The van der Waals surface area contributed by atoms with Crippen LogP contribution in [0.25, 0.3) is 0 Å². The molecule has 0 heterocycles. The molecular formula is C13H15Br2NO3. The normalized spacial score (nSPS) is 10.5. The van der Waals surface area contributed by atoms with Crippen LogP contribution in [-0.2, 0) is 9.53 Å². The summed E-state index contributed by atoms with van der Waals surface area (Å²) in [7, 11) is 1.61. The molecule has 0 aliphatic heterocycles. The molecule has 1 rings (SSSR count). The smallest absolute Gasteiger partial charge is 0.330 e. The summed E-state index contributed by atoms with van der Waals surface area (Å²) in [6.45, 7) is 2.67. The molecule has 1 N–H and O–H groups in total. The van der Waals surface area contributed by atoms with Crippen LogP contribution < -0.4 is 10.1 Å². The second-order valence-corrected chi connectivity index (χ2v) is 5.21. The van der Waals surface area contributed by atoms with Gasteiger partial charge in [0.05, 0.1) is 23.9 Å². The zero-order valence-electron chi connectivity index (χ0n) is 10.7. The fraction of sp³-hybridized carbons (Fsp3) is 0.308. The number of methoxy groups -OCH3 is 1. The van der Waals surface area contributed by atoms with E-state index in [1.54, 1.807) is 20.1 Å². The number of hydrogen-bond acceptors (Lipinski definition) is 4. The van der Waals surface area contributed by atoms with Crippen molar-refractivity contribution in [2.45, 2.75) is 6.92 Å². The van der Waals surface area contributed by atoms with E-state index in [-0.39, 0.29) is 5.97 Å². The molecule has 0 spiro atoms. The number of halogens is 2. The summed E-state index contributed by atoms with van der Waals surface area (Å²) < 4.78 is 11.8. The van der Waals surface area contributed by atoms with E-state index in [0.717, 1.165) is 20.4 Å². The van der Waals surface area contributed by atoms with E-state index in [4.69, 9.17) is 9.47 Å². The van der Waals surface area contributed by atoms with Crippen molar-refractivity contribution in [1.82, 2.24) is 0 Å². The maximum atomic E-state index is 11.1. The Balaban J connectivity index is 2.60. The van der Waals surface area contributed by atoms with Gasteiger partial charge in [-0.05, 0) is 44.8 Å². The van der Waals surface area contributed by atoms with E-state index in [1.807, 2.05) is 12.1 Å². The molecule has 0 saturated heterocycles. The molecule has 0 amide bonds. The van der Waals surface area contributed by atoms with Crippen LogP contribution in [0.2, 0.25) is 0 Å². The van der Waals surface area contributed by atoms with Gasteiger partial charge in [-0.2, -0.15) is 0 Å². The molecular weight excluding hydrogens is 378 g/mol. The van der Waals surface area contributed by atoms with Gasteiger partial charge in [-0.15, -0.1) is 0 Å². The van der Waals surface area contributed by atoms with Gasteiger partial charge >= 0.3 is 5.97 Å². The van der Waals surface area contributed by atoms with Crippen LogP contribution in [0.4, 0.5) is 5.69 Å². The van der Waals surface area contributed by atoms with E-state index < -0.39 is 0 Å². The SMILES string of the molecule is CCOC(=O)/C=C/CNc1cc(OC)c(Br)cc1Br. The first-order valence-electron chi connectivity index (χ1n) is 5.68. The molecule has 1 aromatic rings. The lowest BCUT2D eigenvalue weighted by molar-refractivity contribution is -0.137. The van der Waals surface area contributed by atoms with Gasteiger partial charge in [-0.1, -0.05) is 6.08 Å². The predicted molar refractivity (Wildman–Crippen MR) is 82.7 cm³/mol. The summed E-state index contributed by atoms with van der Waals surface area (Å²) in [6.07, 6.45) is 3.11. The van der Waals surface area contributed by atoms with Crippen molar-refractivity contribution in [3.63, 3.8) is 0 Å². The van der Waals surface area contributed by atoms with Gasteiger partial charge in [0.2, 0.25) is 0 Å². The van der Waals surface area contributed by atoms with Gasteiger partial charge in [0.1, 0.15) is 5.75 Å². The fourth-order valence-electron chi connectivity index (χ4n) is 1.34. The van der Waals surface area contributed by atoms with Crippen molar-refractivity contribution >= 4 is 43.5 Å². The van der Waals surface area contributed by atoms with Gasteiger partial charge < -0.3 is 14.8 Å². The number of hydrogen-bond donors (Lipinski definition) is 1. The first-order valence-corrected chi connectivity index (χ1v) is 7.27. The molecule has 104 valence electrons. The molecule has 0 unspecified atom stereocenters. The highest BCUT2D eigenvalue weighted by molar-refractivity contribution is 9.11. The third kappa shape index (κ3) is 5.24. The zero-order valence-corrected chi connectivity index (χ0v) is 13.9. The van der Waals surface area contributed by atoms with Crippen LogP contribution in [-0.4, -0.2) is 26.2 Å². The fourth-order valence-corrected chi connectivity index (χ4v) is 2.63. The van der Waals surface area contributed by atoms with E-state index in [2.05, 4.69) is 37.2 Å². The average molecular weight is 393 g/mol. The molecule has 19 heavy (non-hydrogen) atoms. The third-order valence-electron chi connectivity index (χ3n) is 2.19. The predicted octanol–water partition coefficient (Wildman–Crippen LogP) is 3.75. The number of carbonyl (C=O) groups is 1. The summed E-state index contributed by atoms with van der Waals surface area (Å²) in [4.78, 5) is 11.1. The second-order valence-electron chi connectivity index (χ2n) is 3.50. The van der Waals surface area contributed by atoms with Crippen molar-refractivity contribution < 1.29 is 14.3 Å². The maximum absolute atomic E-state index is 11.1. The minimum absolute atomic E-state index is 0.336. The first-order chi connectivity index (χ1) is 9.08. The van der Waals surface area contributed by atoms with Crippen molar-refractivity contribution in [2.24, 2.45) is 0 Å². The summed E-state index contributed by atoms with van der Waals surface area (Å²) in [5.41, 5.74) is 0.883. The Kier molecular flexibility index (Phi) is 6.94. The van der Waals surface area contributed by atoms with E-state index >= 15 is 0 Å². The highest BCUT2D eigenvalue weighted by atomic mass is 79.9. The second kappa shape index (κ2) is 8.22. The molecule has 4 nitrogen and oxygen atoms in total. The lowest BCUT2D eigenvalue weighted by Crippen LogP contribution is -2.03. The maximum Gasteiger partial charge on any atom is 0.330 e. The van der Waals surface area contributed by atoms with Crippen LogP contribution in [0.15, 0.2) is 33.2 Å². The molecule has 0 bridgehead atoms. The Bertz CT molecular complexity index is 475. The van der Waals surface area contributed by atoms with E-state index in [1.165, 1.54) is 6.08 Å². The lowest BCUT2D eigenvalue weighted by atomic mass is 10.3. The van der Waals surface area contributed by atoms with Gasteiger partial charge in [0, 0.05) is 23.2 Å². The molecule has 0 fully saturated rings. The van der Waals surface area contributed by atoms with E-state index in [9.17, 15) is 4.79 Å². The van der Waals surface area contributed by atoms with Gasteiger partial charge in [0.25, 0.3) is 0 Å². The number of ether oxygens (including phenoxy) is 2. The molecule has 0 aliphatic carbocycles. The largest absolute Gasteiger partial charge is 0.495 e. The molecule has 0 atom stereocenters. The molecule has 6 heteroatoms. The highest BCUT2D eigenvalue weighted by Gasteiger charge is 2.06.